The molecule has 2 atom stereocenters. The van der Waals surface area contributed by atoms with Gasteiger partial charge in [-0.2, -0.15) is 0 Å². The molecule has 0 spiro atoms. The maximum absolute atomic E-state index is 12.0. The van der Waals surface area contributed by atoms with Crippen molar-refractivity contribution in [3.05, 3.63) is 35.9 Å². The Kier molecular flexibility index (Phi) is 5.09. The molecule has 0 saturated carbocycles. The van der Waals surface area contributed by atoms with Gasteiger partial charge in [-0.1, -0.05) is 12.2 Å². The van der Waals surface area contributed by atoms with Crippen LogP contribution >= 0.6 is 0 Å². The van der Waals surface area contributed by atoms with E-state index in [1.807, 2.05) is 31.2 Å². The average molecular weight is 290 g/mol. The summed E-state index contributed by atoms with van der Waals surface area (Å²) >= 11 is 0. The molecule has 0 saturated heterocycles. The van der Waals surface area contributed by atoms with E-state index in [-0.39, 0.29) is 18.1 Å². The predicted octanol–water partition coefficient (Wildman–Crippen LogP) is 2.78. The molecule has 0 heterocycles. The van der Waals surface area contributed by atoms with Gasteiger partial charge in [0.2, 0.25) is 0 Å². The lowest BCUT2D eigenvalue weighted by Gasteiger charge is -2.19. The summed E-state index contributed by atoms with van der Waals surface area (Å²) in [6, 6.07) is 5.37. The molecule has 114 valence electrons. The van der Waals surface area contributed by atoms with Crippen molar-refractivity contribution in [1.82, 2.24) is 10.6 Å². The molecule has 21 heavy (non-hydrogen) atoms. The van der Waals surface area contributed by atoms with Gasteiger partial charge in [0.1, 0.15) is 11.5 Å². The number of amides is 2. The lowest BCUT2D eigenvalue weighted by Crippen LogP contribution is -2.41. The van der Waals surface area contributed by atoms with Crippen LogP contribution in [0.5, 0.6) is 11.5 Å². The van der Waals surface area contributed by atoms with Gasteiger partial charge in [-0.25, -0.2) is 4.79 Å². The van der Waals surface area contributed by atoms with Crippen LogP contribution in [0.25, 0.3) is 0 Å². The summed E-state index contributed by atoms with van der Waals surface area (Å²) in [5.41, 5.74) is 0.912. The molecule has 5 nitrogen and oxygen atoms in total. The van der Waals surface area contributed by atoms with Crippen LogP contribution < -0.4 is 20.1 Å². The first-order valence-electron chi connectivity index (χ1n) is 7.09. The topological polar surface area (TPSA) is 59.6 Å². The molecule has 5 heteroatoms. The van der Waals surface area contributed by atoms with Gasteiger partial charge < -0.3 is 20.1 Å². The molecule has 0 fully saturated rings. The van der Waals surface area contributed by atoms with E-state index in [1.165, 1.54) is 0 Å². The van der Waals surface area contributed by atoms with Crippen LogP contribution in [0.1, 0.15) is 31.4 Å². The van der Waals surface area contributed by atoms with E-state index in [4.69, 9.17) is 9.47 Å². The Morgan fingerprint density at radius 3 is 2.76 bits per heavy atom. The highest BCUT2D eigenvalue weighted by Gasteiger charge is 2.17. The minimum Gasteiger partial charge on any atom is -0.497 e. The van der Waals surface area contributed by atoms with Crippen molar-refractivity contribution < 1.29 is 14.3 Å². The highest BCUT2D eigenvalue weighted by Crippen LogP contribution is 2.29. The molecule has 1 aliphatic rings. The minimum atomic E-state index is -0.170. The molecule has 0 radical (unpaired) electrons. The normalized spacial score (nSPS) is 18.1. The smallest absolute Gasteiger partial charge is 0.315 e. The van der Waals surface area contributed by atoms with E-state index < -0.39 is 0 Å². The van der Waals surface area contributed by atoms with E-state index in [1.54, 1.807) is 14.2 Å². The number of ether oxygens (including phenoxy) is 2. The van der Waals surface area contributed by atoms with E-state index in [0.29, 0.717) is 5.75 Å². The van der Waals surface area contributed by atoms with Crippen molar-refractivity contribution in [3.63, 3.8) is 0 Å². The Morgan fingerprint density at radius 2 is 2.14 bits per heavy atom. The zero-order valence-electron chi connectivity index (χ0n) is 12.7. The second kappa shape index (κ2) is 7.02. The van der Waals surface area contributed by atoms with Crippen LogP contribution in [-0.2, 0) is 0 Å². The van der Waals surface area contributed by atoms with Crippen LogP contribution in [0.4, 0.5) is 4.79 Å². The average Bonchev–Trinajstić information content (AvgIpc) is 2.99. The summed E-state index contributed by atoms with van der Waals surface area (Å²) in [6.07, 6.45) is 6.10. The minimum absolute atomic E-state index is 0.134. The molecule has 1 aromatic carbocycles. The largest absolute Gasteiger partial charge is 0.497 e. The van der Waals surface area contributed by atoms with Gasteiger partial charge in [-0.3, -0.25) is 0 Å². The molecule has 1 aliphatic carbocycles. The Bertz CT molecular complexity index is 528. The summed E-state index contributed by atoms with van der Waals surface area (Å²) in [5.74, 6) is 1.42. The zero-order valence-corrected chi connectivity index (χ0v) is 12.7. The number of methoxy groups -OCH3 is 2. The Morgan fingerprint density at radius 1 is 1.33 bits per heavy atom. The third-order valence-electron chi connectivity index (χ3n) is 3.58. The van der Waals surface area contributed by atoms with Crippen LogP contribution in [-0.4, -0.2) is 26.3 Å². The number of benzene rings is 1. The van der Waals surface area contributed by atoms with Crippen molar-refractivity contribution in [2.45, 2.75) is 31.8 Å². The van der Waals surface area contributed by atoms with Gasteiger partial charge in [0, 0.05) is 17.7 Å². The lowest BCUT2D eigenvalue weighted by molar-refractivity contribution is 0.235. The fourth-order valence-electron chi connectivity index (χ4n) is 2.41. The van der Waals surface area contributed by atoms with Gasteiger partial charge in [0.15, 0.2) is 0 Å². The van der Waals surface area contributed by atoms with Crippen molar-refractivity contribution >= 4 is 6.03 Å². The number of hydrogen-bond acceptors (Lipinski definition) is 3. The summed E-state index contributed by atoms with van der Waals surface area (Å²) in [7, 11) is 3.22. The van der Waals surface area contributed by atoms with E-state index in [9.17, 15) is 4.79 Å². The number of nitrogens with one attached hydrogen (secondary N) is 2. The van der Waals surface area contributed by atoms with Crippen LogP contribution in [0.2, 0.25) is 0 Å². The zero-order chi connectivity index (χ0) is 15.2. The molecule has 2 N–H and O–H groups in total. The fraction of sp³-hybridized carbons (Fsp3) is 0.438. The Labute approximate surface area is 125 Å². The number of rotatable bonds is 5. The summed E-state index contributed by atoms with van der Waals surface area (Å²) < 4.78 is 10.5. The summed E-state index contributed by atoms with van der Waals surface area (Å²) in [6.45, 7) is 1.92. The van der Waals surface area contributed by atoms with E-state index in [2.05, 4.69) is 16.7 Å². The van der Waals surface area contributed by atoms with Gasteiger partial charge >= 0.3 is 6.03 Å². The maximum atomic E-state index is 12.0. The molecule has 1 aromatic rings. The van der Waals surface area contributed by atoms with Gasteiger partial charge in [0.25, 0.3) is 0 Å². The third-order valence-corrected chi connectivity index (χ3v) is 3.58. The van der Waals surface area contributed by atoms with Crippen LogP contribution in [0.15, 0.2) is 30.4 Å². The second-order valence-corrected chi connectivity index (χ2v) is 5.06. The number of allylic oxidation sites excluding steroid dienone is 1. The molecule has 2 amide bonds. The molecule has 1 unspecified atom stereocenters. The molecule has 2 rings (SSSR count). The fourth-order valence-corrected chi connectivity index (χ4v) is 2.41. The number of carbonyl (C=O) groups is 1. The quantitative estimate of drug-likeness (QED) is 0.820. The standard InChI is InChI=1S/C16H22N2O3/c1-11(17-16(19)18-12-6-4-5-7-12)14-9-8-13(20-2)10-15(14)21-3/h4,6,8-12H,5,7H2,1-3H3,(H2,17,18,19)/t11-,12?/m1/s1. The summed E-state index contributed by atoms with van der Waals surface area (Å²) in [4.78, 5) is 12.0. The number of carbonyl (C=O) groups excluding carboxylic acids is 1. The van der Waals surface area contributed by atoms with Crippen LogP contribution in [0, 0.1) is 0 Å². The number of urea groups is 1. The van der Waals surface area contributed by atoms with E-state index in [0.717, 1.165) is 24.2 Å². The highest BCUT2D eigenvalue weighted by molar-refractivity contribution is 5.75. The first-order chi connectivity index (χ1) is 10.1. The first kappa shape index (κ1) is 15.2. The Balaban J connectivity index is 2.00. The monoisotopic (exact) mass is 290 g/mol. The van der Waals surface area contributed by atoms with Crippen LogP contribution in [0.3, 0.4) is 0 Å². The van der Waals surface area contributed by atoms with Gasteiger partial charge in [-0.05, 0) is 31.9 Å². The summed E-state index contributed by atoms with van der Waals surface area (Å²) in [5, 5.41) is 5.87. The first-order valence-corrected chi connectivity index (χ1v) is 7.09. The van der Waals surface area contributed by atoms with Crippen molar-refractivity contribution in [1.29, 1.82) is 0 Å². The highest BCUT2D eigenvalue weighted by atomic mass is 16.5. The molecule has 0 bridgehead atoms. The predicted molar refractivity (Wildman–Crippen MR) is 81.8 cm³/mol. The van der Waals surface area contributed by atoms with Crippen molar-refractivity contribution in [2.24, 2.45) is 0 Å². The van der Waals surface area contributed by atoms with Gasteiger partial charge in [0.05, 0.1) is 20.3 Å². The molecule has 0 aliphatic heterocycles. The third kappa shape index (κ3) is 3.90. The molecular weight excluding hydrogens is 268 g/mol. The Hall–Kier alpha value is -2.17. The lowest BCUT2D eigenvalue weighted by atomic mass is 10.1. The SMILES string of the molecule is COc1ccc([C@@H](C)NC(=O)NC2C=CCC2)c(OC)c1. The van der Waals surface area contributed by atoms with Gasteiger partial charge in [-0.15, -0.1) is 0 Å². The molecular formula is C16H22N2O3. The molecule has 0 aromatic heterocycles. The van der Waals surface area contributed by atoms with Crippen molar-refractivity contribution in [3.8, 4) is 11.5 Å². The second-order valence-electron chi connectivity index (χ2n) is 5.06. The number of hydrogen-bond donors (Lipinski definition) is 2. The van der Waals surface area contributed by atoms with E-state index >= 15 is 0 Å². The maximum Gasteiger partial charge on any atom is 0.315 e. The van der Waals surface area contributed by atoms with Crippen molar-refractivity contribution in [2.75, 3.05) is 14.2 Å².